The molecule has 6 heteroatoms. The lowest BCUT2D eigenvalue weighted by Gasteiger charge is -2.32. The van der Waals surface area contributed by atoms with E-state index in [1.165, 1.54) is 12.8 Å². The van der Waals surface area contributed by atoms with E-state index in [2.05, 4.69) is 37.8 Å². The highest BCUT2D eigenvalue weighted by molar-refractivity contribution is 9.10. The summed E-state index contributed by atoms with van der Waals surface area (Å²) in [6.45, 7) is 10.4. The minimum absolute atomic E-state index is 0.653. The number of aryl methyl sites for hydroxylation is 3. The molecule has 1 aliphatic rings. The van der Waals surface area contributed by atoms with Gasteiger partial charge in [-0.05, 0) is 61.5 Å². The highest BCUT2D eigenvalue weighted by atomic mass is 79.9. The van der Waals surface area contributed by atoms with Gasteiger partial charge in [0.1, 0.15) is 5.82 Å². The van der Waals surface area contributed by atoms with Gasteiger partial charge in [0.15, 0.2) is 0 Å². The Morgan fingerprint density at radius 3 is 2.41 bits per heavy atom. The quantitative estimate of drug-likeness (QED) is 0.817. The third kappa shape index (κ3) is 2.89. The highest BCUT2D eigenvalue weighted by Crippen LogP contribution is 2.30. The SMILES string of the molecule is Cc1cc(C)n(-c2nc(C)c(Br)c(N3CCC(C)CC3)n2)n1. The van der Waals surface area contributed by atoms with E-state index in [1.54, 1.807) is 0 Å². The third-order valence-electron chi connectivity index (χ3n) is 4.27. The van der Waals surface area contributed by atoms with Gasteiger partial charge in [-0.15, -0.1) is 0 Å². The van der Waals surface area contributed by atoms with Crippen LogP contribution in [0.4, 0.5) is 5.82 Å². The molecule has 3 rings (SSSR count). The van der Waals surface area contributed by atoms with Crippen LogP contribution in [-0.2, 0) is 0 Å². The van der Waals surface area contributed by atoms with Crippen molar-refractivity contribution in [3.63, 3.8) is 0 Å². The Kier molecular flexibility index (Phi) is 4.21. The second-order valence-corrected chi connectivity index (χ2v) is 7.05. The molecule has 1 saturated heterocycles. The van der Waals surface area contributed by atoms with Crippen LogP contribution in [0.25, 0.3) is 5.95 Å². The molecule has 0 saturated carbocycles. The van der Waals surface area contributed by atoms with Crippen LogP contribution in [-0.4, -0.2) is 32.8 Å². The number of piperidine rings is 1. The van der Waals surface area contributed by atoms with E-state index in [0.717, 1.165) is 46.4 Å². The predicted molar refractivity (Wildman–Crippen MR) is 91.7 cm³/mol. The lowest BCUT2D eigenvalue weighted by atomic mass is 9.99. The van der Waals surface area contributed by atoms with Crippen LogP contribution in [0.1, 0.15) is 36.8 Å². The molecule has 0 aromatic carbocycles. The number of aromatic nitrogens is 4. The molecule has 0 spiro atoms. The van der Waals surface area contributed by atoms with Gasteiger partial charge < -0.3 is 4.90 Å². The Morgan fingerprint density at radius 1 is 1.14 bits per heavy atom. The summed E-state index contributed by atoms with van der Waals surface area (Å²) >= 11 is 3.66. The van der Waals surface area contributed by atoms with E-state index in [1.807, 2.05) is 31.5 Å². The van der Waals surface area contributed by atoms with E-state index in [0.29, 0.717) is 5.95 Å². The first-order valence-corrected chi connectivity index (χ1v) is 8.57. The van der Waals surface area contributed by atoms with Gasteiger partial charge in [0.05, 0.1) is 15.9 Å². The summed E-state index contributed by atoms with van der Waals surface area (Å²) < 4.78 is 2.82. The molecule has 2 aromatic heterocycles. The summed E-state index contributed by atoms with van der Waals surface area (Å²) in [4.78, 5) is 11.8. The van der Waals surface area contributed by atoms with Crippen molar-refractivity contribution < 1.29 is 0 Å². The van der Waals surface area contributed by atoms with Gasteiger partial charge in [-0.2, -0.15) is 10.1 Å². The van der Waals surface area contributed by atoms with E-state index < -0.39 is 0 Å². The van der Waals surface area contributed by atoms with Crippen LogP contribution in [0, 0.1) is 26.7 Å². The second kappa shape index (κ2) is 5.99. The fourth-order valence-corrected chi connectivity index (χ4v) is 3.31. The Hall–Kier alpha value is -1.43. The maximum absolute atomic E-state index is 4.79. The topological polar surface area (TPSA) is 46.8 Å². The first-order chi connectivity index (χ1) is 10.5. The van der Waals surface area contributed by atoms with Crippen molar-refractivity contribution in [3.8, 4) is 5.95 Å². The van der Waals surface area contributed by atoms with Gasteiger partial charge in [0.25, 0.3) is 5.95 Å². The largest absolute Gasteiger partial charge is 0.355 e. The van der Waals surface area contributed by atoms with Crippen molar-refractivity contribution in [1.29, 1.82) is 0 Å². The summed E-state index contributed by atoms with van der Waals surface area (Å²) in [6, 6.07) is 2.04. The highest BCUT2D eigenvalue weighted by Gasteiger charge is 2.22. The monoisotopic (exact) mass is 363 g/mol. The molecule has 0 N–H and O–H groups in total. The van der Waals surface area contributed by atoms with E-state index in [-0.39, 0.29) is 0 Å². The Bertz CT molecular complexity index is 686. The molecule has 1 fully saturated rings. The molecule has 1 aliphatic heterocycles. The lowest BCUT2D eigenvalue weighted by molar-refractivity contribution is 0.436. The third-order valence-corrected chi connectivity index (χ3v) is 5.20. The van der Waals surface area contributed by atoms with Crippen LogP contribution in [0.3, 0.4) is 0 Å². The fourth-order valence-electron chi connectivity index (χ4n) is 2.89. The molecule has 0 aliphatic carbocycles. The molecule has 5 nitrogen and oxygen atoms in total. The number of rotatable bonds is 2. The first kappa shape index (κ1) is 15.5. The van der Waals surface area contributed by atoms with Crippen molar-refractivity contribution in [2.75, 3.05) is 18.0 Å². The van der Waals surface area contributed by atoms with Crippen molar-refractivity contribution in [3.05, 3.63) is 27.6 Å². The standard InChI is InChI=1S/C16H22BrN5/c1-10-5-7-21(8-6-10)15-14(17)13(4)18-16(19-15)22-12(3)9-11(2)20-22/h9-10H,5-8H2,1-4H3. The van der Waals surface area contributed by atoms with Crippen molar-refractivity contribution >= 4 is 21.7 Å². The van der Waals surface area contributed by atoms with E-state index >= 15 is 0 Å². The molecule has 0 bridgehead atoms. The Balaban J connectivity index is 2.02. The van der Waals surface area contributed by atoms with Crippen LogP contribution < -0.4 is 4.90 Å². The maximum Gasteiger partial charge on any atom is 0.253 e. The first-order valence-electron chi connectivity index (χ1n) is 7.78. The predicted octanol–water partition coefficient (Wildman–Crippen LogP) is 3.59. The normalized spacial score (nSPS) is 16.3. The summed E-state index contributed by atoms with van der Waals surface area (Å²) in [5, 5.41) is 4.51. The summed E-state index contributed by atoms with van der Waals surface area (Å²) in [5.74, 6) is 2.44. The summed E-state index contributed by atoms with van der Waals surface area (Å²) in [5.41, 5.74) is 2.98. The molecule has 2 aromatic rings. The molecule has 118 valence electrons. The molecule has 0 radical (unpaired) electrons. The molecule has 0 unspecified atom stereocenters. The zero-order valence-corrected chi connectivity index (χ0v) is 15.2. The van der Waals surface area contributed by atoms with Crippen molar-refractivity contribution in [2.24, 2.45) is 5.92 Å². The van der Waals surface area contributed by atoms with Crippen LogP contribution >= 0.6 is 15.9 Å². The van der Waals surface area contributed by atoms with Crippen molar-refractivity contribution in [2.45, 2.75) is 40.5 Å². The lowest BCUT2D eigenvalue weighted by Crippen LogP contribution is -2.34. The number of hydrogen-bond donors (Lipinski definition) is 0. The van der Waals surface area contributed by atoms with Crippen LogP contribution in [0.15, 0.2) is 10.5 Å². The minimum atomic E-state index is 0.653. The van der Waals surface area contributed by atoms with E-state index in [9.17, 15) is 0 Å². The van der Waals surface area contributed by atoms with Gasteiger partial charge in [-0.1, -0.05) is 6.92 Å². The van der Waals surface area contributed by atoms with Gasteiger partial charge in [-0.25, -0.2) is 9.67 Å². The molecule has 3 heterocycles. The molecular formula is C16H22BrN5. The smallest absolute Gasteiger partial charge is 0.253 e. The fraction of sp³-hybridized carbons (Fsp3) is 0.562. The molecular weight excluding hydrogens is 342 g/mol. The molecule has 0 amide bonds. The average molecular weight is 364 g/mol. The van der Waals surface area contributed by atoms with Crippen LogP contribution in [0.5, 0.6) is 0 Å². The maximum atomic E-state index is 4.79. The Morgan fingerprint density at radius 2 is 1.82 bits per heavy atom. The average Bonchev–Trinajstić information content (AvgIpc) is 2.82. The van der Waals surface area contributed by atoms with Crippen molar-refractivity contribution in [1.82, 2.24) is 19.7 Å². The second-order valence-electron chi connectivity index (χ2n) is 6.26. The van der Waals surface area contributed by atoms with Gasteiger partial charge >= 0.3 is 0 Å². The van der Waals surface area contributed by atoms with Gasteiger partial charge in [-0.3, -0.25) is 0 Å². The molecule has 0 atom stereocenters. The summed E-state index contributed by atoms with van der Waals surface area (Å²) in [7, 11) is 0. The number of anilines is 1. The Labute approximate surface area is 139 Å². The minimum Gasteiger partial charge on any atom is -0.355 e. The number of hydrogen-bond acceptors (Lipinski definition) is 4. The zero-order chi connectivity index (χ0) is 15.9. The molecule has 22 heavy (non-hydrogen) atoms. The van der Waals surface area contributed by atoms with E-state index in [4.69, 9.17) is 4.98 Å². The number of nitrogens with zero attached hydrogens (tertiary/aromatic N) is 5. The number of halogens is 1. The zero-order valence-electron chi connectivity index (χ0n) is 13.6. The van der Waals surface area contributed by atoms with Gasteiger partial charge in [0.2, 0.25) is 0 Å². The summed E-state index contributed by atoms with van der Waals surface area (Å²) in [6.07, 6.45) is 2.43. The van der Waals surface area contributed by atoms with Gasteiger partial charge in [0, 0.05) is 18.8 Å². The van der Waals surface area contributed by atoms with Crippen LogP contribution in [0.2, 0.25) is 0 Å².